The maximum absolute atomic E-state index is 12.7. The van der Waals surface area contributed by atoms with Crippen LogP contribution in [0.15, 0.2) is 60.8 Å². The molecular formula is C65H120NO8P. The molecular weight excluding hydrogens is 954 g/mol. The molecule has 0 saturated heterocycles. The molecule has 0 heterocycles. The van der Waals surface area contributed by atoms with Crippen LogP contribution in [0.4, 0.5) is 0 Å². The van der Waals surface area contributed by atoms with Crippen molar-refractivity contribution in [3.05, 3.63) is 60.8 Å². The fourth-order valence-corrected chi connectivity index (χ4v) is 10.0. The standard InChI is InChI=1S/C65H120NO8P/c1-3-5-7-9-11-13-15-17-19-21-23-24-25-26-27-28-29-30-31-32-33-34-35-36-37-38-40-41-43-45-47-49-51-53-55-57-64(67)71-61-63(62-73-75(69,70)72-60-59-66)74-65(68)58-56-54-52-50-48-46-44-42-39-22-20-18-16-14-12-10-8-6-4-2/h6,8,12,14,18,20,39,42,46,48,63H,3-5,7,9-11,13,15-17,19,21-38,40-41,43-45,47,49-62,66H2,1-2H3,(H,69,70)/b8-6-,14-12-,20-18-,42-39-,48-46-. The third-order valence-electron chi connectivity index (χ3n) is 13.9. The number of carbonyl (C=O) groups is 2. The van der Waals surface area contributed by atoms with E-state index in [9.17, 15) is 19.0 Å². The first-order chi connectivity index (χ1) is 36.8. The minimum Gasteiger partial charge on any atom is -0.462 e. The second kappa shape index (κ2) is 60.9. The lowest BCUT2D eigenvalue weighted by molar-refractivity contribution is -0.161. The zero-order valence-corrected chi connectivity index (χ0v) is 49.9. The quantitative estimate of drug-likeness (QED) is 0.0264. The molecule has 0 aliphatic heterocycles. The van der Waals surface area contributed by atoms with E-state index in [1.54, 1.807) is 0 Å². The van der Waals surface area contributed by atoms with Gasteiger partial charge in [-0.3, -0.25) is 18.6 Å². The number of hydrogen-bond acceptors (Lipinski definition) is 8. The van der Waals surface area contributed by atoms with Crippen LogP contribution in [-0.2, 0) is 32.7 Å². The van der Waals surface area contributed by atoms with Gasteiger partial charge in [-0.25, -0.2) is 4.57 Å². The zero-order valence-electron chi connectivity index (χ0n) is 49.0. The molecule has 0 bridgehead atoms. The number of carbonyl (C=O) groups excluding carboxylic acids is 2. The first-order valence-electron chi connectivity index (χ1n) is 31.8. The van der Waals surface area contributed by atoms with Gasteiger partial charge in [-0.2, -0.15) is 0 Å². The third kappa shape index (κ3) is 60.8. The van der Waals surface area contributed by atoms with Crippen LogP contribution in [0.5, 0.6) is 0 Å². The summed E-state index contributed by atoms with van der Waals surface area (Å²) < 4.78 is 33.0. The molecule has 0 amide bonds. The van der Waals surface area contributed by atoms with Gasteiger partial charge < -0.3 is 20.1 Å². The van der Waals surface area contributed by atoms with Gasteiger partial charge in [0.2, 0.25) is 0 Å². The van der Waals surface area contributed by atoms with Crippen molar-refractivity contribution >= 4 is 19.8 Å². The number of nitrogens with two attached hydrogens (primary N) is 1. The van der Waals surface area contributed by atoms with Crippen LogP contribution in [-0.4, -0.2) is 49.3 Å². The summed E-state index contributed by atoms with van der Waals surface area (Å²) in [7, 11) is -4.40. The number of esters is 2. The van der Waals surface area contributed by atoms with Gasteiger partial charge in [-0.15, -0.1) is 0 Å². The van der Waals surface area contributed by atoms with Gasteiger partial charge >= 0.3 is 19.8 Å². The topological polar surface area (TPSA) is 134 Å². The molecule has 0 rings (SSSR count). The predicted octanol–water partition coefficient (Wildman–Crippen LogP) is 20.3. The average molecular weight is 1070 g/mol. The van der Waals surface area contributed by atoms with Gasteiger partial charge in [0.1, 0.15) is 6.61 Å². The fourth-order valence-electron chi connectivity index (χ4n) is 9.25. The molecule has 2 atom stereocenters. The van der Waals surface area contributed by atoms with Crippen LogP contribution in [0.2, 0.25) is 0 Å². The van der Waals surface area contributed by atoms with E-state index in [1.807, 2.05) is 0 Å². The number of unbranched alkanes of at least 4 members (excludes halogenated alkanes) is 37. The first kappa shape index (κ1) is 72.7. The van der Waals surface area contributed by atoms with E-state index in [1.165, 1.54) is 205 Å². The summed E-state index contributed by atoms with van der Waals surface area (Å²) in [4.78, 5) is 35.2. The zero-order chi connectivity index (χ0) is 54.5. The molecule has 0 aliphatic carbocycles. The van der Waals surface area contributed by atoms with Crippen molar-refractivity contribution in [3.8, 4) is 0 Å². The van der Waals surface area contributed by atoms with E-state index in [-0.39, 0.29) is 38.6 Å². The molecule has 9 nitrogen and oxygen atoms in total. The SMILES string of the molecule is CC/C=C\C/C=C\C/C=C\C/C=C\C/C=C\CCCCCC(=O)OC(COC(=O)CCCCCCCCCCCCCCCCCCCCCCCCCCCCCCCCCCCCC)COP(=O)(O)OCCN. The minimum absolute atomic E-state index is 0.0464. The summed E-state index contributed by atoms with van der Waals surface area (Å²) in [6.45, 7) is 3.63. The average Bonchev–Trinajstić information content (AvgIpc) is 3.40. The minimum atomic E-state index is -4.40. The molecule has 0 aliphatic rings. The van der Waals surface area contributed by atoms with Gasteiger partial charge in [0.05, 0.1) is 13.2 Å². The second-order valence-electron chi connectivity index (χ2n) is 21.3. The molecule has 2 unspecified atom stereocenters. The van der Waals surface area contributed by atoms with Gasteiger partial charge in [-0.1, -0.05) is 299 Å². The molecule has 0 aromatic carbocycles. The Labute approximate surface area is 463 Å². The lowest BCUT2D eigenvalue weighted by Crippen LogP contribution is -2.29. The Bertz CT molecular complexity index is 1410. The van der Waals surface area contributed by atoms with Crippen molar-refractivity contribution in [1.29, 1.82) is 0 Å². The molecule has 0 spiro atoms. The van der Waals surface area contributed by atoms with Gasteiger partial charge in [0, 0.05) is 19.4 Å². The number of ether oxygens (including phenoxy) is 2. The van der Waals surface area contributed by atoms with Crippen LogP contribution in [0.3, 0.4) is 0 Å². The summed E-state index contributed by atoms with van der Waals surface area (Å²) >= 11 is 0. The summed E-state index contributed by atoms with van der Waals surface area (Å²) in [6, 6.07) is 0. The lowest BCUT2D eigenvalue weighted by atomic mass is 10.0. The lowest BCUT2D eigenvalue weighted by Gasteiger charge is -2.19. The maximum Gasteiger partial charge on any atom is 0.472 e. The molecule has 0 radical (unpaired) electrons. The van der Waals surface area contributed by atoms with Crippen molar-refractivity contribution in [2.45, 2.75) is 315 Å². The van der Waals surface area contributed by atoms with Crippen molar-refractivity contribution < 1.29 is 37.6 Å². The predicted molar refractivity (Wildman–Crippen MR) is 321 cm³/mol. The van der Waals surface area contributed by atoms with E-state index < -0.39 is 26.5 Å². The molecule has 0 aromatic rings. The number of phosphoric acid groups is 1. The summed E-state index contributed by atoms with van der Waals surface area (Å²) in [5, 5.41) is 0. The summed E-state index contributed by atoms with van der Waals surface area (Å²) in [5.41, 5.74) is 5.38. The fraction of sp³-hybridized carbons (Fsp3) is 0.815. The molecule has 75 heavy (non-hydrogen) atoms. The van der Waals surface area contributed by atoms with Crippen LogP contribution in [0.1, 0.15) is 309 Å². The Hall–Kier alpha value is -2.29. The van der Waals surface area contributed by atoms with E-state index in [0.29, 0.717) is 6.42 Å². The number of allylic oxidation sites excluding steroid dienone is 10. The van der Waals surface area contributed by atoms with Gasteiger partial charge in [0.25, 0.3) is 0 Å². The Balaban J connectivity index is 3.84. The van der Waals surface area contributed by atoms with Crippen molar-refractivity contribution in [2.75, 3.05) is 26.4 Å². The molecule has 438 valence electrons. The number of rotatable bonds is 60. The molecule has 0 aromatic heterocycles. The highest BCUT2D eigenvalue weighted by molar-refractivity contribution is 7.47. The Morgan fingerprint density at radius 3 is 1.09 bits per heavy atom. The Morgan fingerprint density at radius 1 is 0.413 bits per heavy atom. The number of phosphoric ester groups is 1. The molecule has 3 N–H and O–H groups in total. The van der Waals surface area contributed by atoms with Crippen LogP contribution >= 0.6 is 7.82 Å². The van der Waals surface area contributed by atoms with Gasteiger partial charge in [0.15, 0.2) is 6.10 Å². The second-order valence-corrected chi connectivity index (χ2v) is 22.7. The Morgan fingerprint density at radius 2 is 0.733 bits per heavy atom. The van der Waals surface area contributed by atoms with Crippen molar-refractivity contribution in [1.82, 2.24) is 0 Å². The smallest absolute Gasteiger partial charge is 0.462 e. The van der Waals surface area contributed by atoms with Gasteiger partial charge in [-0.05, 0) is 57.8 Å². The third-order valence-corrected chi connectivity index (χ3v) is 14.9. The van der Waals surface area contributed by atoms with E-state index in [0.717, 1.165) is 70.6 Å². The monoisotopic (exact) mass is 1070 g/mol. The largest absolute Gasteiger partial charge is 0.472 e. The maximum atomic E-state index is 12.7. The molecule has 0 saturated carbocycles. The van der Waals surface area contributed by atoms with Crippen molar-refractivity contribution in [2.24, 2.45) is 5.73 Å². The molecule has 10 heteroatoms. The first-order valence-corrected chi connectivity index (χ1v) is 33.3. The normalized spacial score (nSPS) is 13.4. The molecule has 0 fully saturated rings. The highest BCUT2D eigenvalue weighted by Gasteiger charge is 2.26. The Kier molecular flexibility index (Phi) is 59.1. The number of hydrogen-bond donors (Lipinski definition) is 2. The van der Waals surface area contributed by atoms with Crippen LogP contribution < -0.4 is 5.73 Å². The van der Waals surface area contributed by atoms with E-state index in [4.69, 9.17) is 24.3 Å². The van der Waals surface area contributed by atoms with Crippen LogP contribution in [0, 0.1) is 0 Å². The van der Waals surface area contributed by atoms with E-state index >= 15 is 0 Å². The van der Waals surface area contributed by atoms with Crippen molar-refractivity contribution in [3.63, 3.8) is 0 Å². The highest BCUT2D eigenvalue weighted by atomic mass is 31.2. The van der Waals surface area contributed by atoms with Crippen LogP contribution in [0.25, 0.3) is 0 Å². The summed E-state index contributed by atoms with van der Waals surface area (Å²) in [5.74, 6) is -0.856. The summed E-state index contributed by atoms with van der Waals surface area (Å²) in [6.07, 6.45) is 77.5. The van der Waals surface area contributed by atoms with E-state index in [2.05, 4.69) is 74.6 Å². The highest BCUT2D eigenvalue weighted by Crippen LogP contribution is 2.43.